The number of nitrogens with one attached hydrogen (secondary N) is 2. The number of benzene rings is 2. The highest BCUT2D eigenvalue weighted by atomic mass is 16.3. The molecule has 0 aliphatic rings. The number of carbonyl (C=O) groups excluding carboxylic acids is 1. The molecule has 0 fully saturated rings. The number of azo groups is 1. The smallest absolute Gasteiger partial charge is 0.262 e. The highest BCUT2D eigenvalue weighted by Crippen LogP contribution is 2.38. The Labute approximate surface area is 191 Å². The van der Waals surface area contributed by atoms with Gasteiger partial charge in [0.2, 0.25) is 5.95 Å². The Morgan fingerprint density at radius 3 is 2.76 bits per heavy atom. The summed E-state index contributed by atoms with van der Waals surface area (Å²) in [5, 5.41) is 42.9. The number of amides is 1. The third-order valence-electron chi connectivity index (χ3n) is 4.86. The number of nitriles is 1. The third kappa shape index (κ3) is 3.69. The Balaban J connectivity index is 1.61. The van der Waals surface area contributed by atoms with Crippen LogP contribution in [0.5, 0.6) is 5.75 Å². The largest absolute Gasteiger partial charge is 0.505 e. The van der Waals surface area contributed by atoms with E-state index in [4.69, 9.17) is 0 Å². The molecule has 5 aromatic rings. The zero-order valence-corrected chi connectivity index (χ0v) is 17.3. The number of carbonyl (C=O) groups is 1. The van der Waals surface area contributed by atoms with Gasteiger partial charge < -0.3 is 5.11 Å². The van der Waals surface area contributed by atoms with Crippen LogP contribution in [0.1, 0.15) is 15.9 Å². The number of anilines is 1. The fourth-order valence-electron chi connectivity index (χ4n) is 3.33. The summed E-state index contributed by atoms with van der Waals surface area (Å²) >= 11 is 0. The molecule has 0 radical (unpaired) electrons. The Hall–Kier alpha value is -5.44. The maximum atomic E-state index is 13.0. The van der Waals surface area contributed by atoms with Gasteiger partial charge in [-0.25, -0.2) is 10.1 Å². The predicted molar refractivity (Wildman–Crippen MR) is 120 cm³/mol. The van der Waals surface area contributed by atoms with Crippen LogP contribution >= 0.6 is 0 Å². The first kappa shape index (κ1) is 20.5. The molecule has 3 heterocycles. The van der Waals surface area contributed by atoms with Crippen LogP contribution in [-0.4, -0.2) is 41.0 Å². The molecule has 0 bridgehead atoms. The van der Waals surface area contributed by atoms with Crippen LogP contribution in [0.2, 0.25) is 0 Å². The molecule has 12 heteroatoms. The molecule has 164 valence electrons. The minimum absolute atomic E-state index is 0.0119. The summed E-state index contributed by atoms with van der Waals surface area (Å²) in [5.74, 6) is -0.312. The number of aromatic amines is 1. The van der Waals surface area contributed by atoms with E-state index in [0.717, 1.165) is 0 Å². The van der Waals surface area contributed by atoms with E-state index in [2.05, 4.69) is 40.8 Å². The molecule has 0 aliphatic heterocycles. The second-order valence-corrected chi connectivity index (χ2v) is 6.92. The van der Waals surface area contributed by atoms with E-state index in [1.54, 1.807) is 54.7 Å². The lowest BCUT2D eigenvalue weighted by atomic mass is 10.0. The van der Waals surface area contributed by atoms with E-state index >= 15 is 0 Å². The summed E-state index contributed by atoms with van der Waals surface area (Å²) in [6.45, 7) is 0. The molecule has 0 aliphatic carbocycles. The molecular weight excluding hydrogens is 436 g/mol. The van der Waals surface area contributed by atoms with Gasteiger partial charge in [0.15, 0.2) is 17.4 Å². The fraction of sp³-hybridized carbons (Fsp3) is 0. The predicted octanol–water partition coefficient (Wildman–Crippen LogP) is 3.78. The number of phenolic OH excluding ortho intramolecular Hbond substituents is 1. The van der Waals surface area contributed by atoms with Crippen LogP contribution in [0.25, 0.3) is 16.6 Å². The molecule has 1 amide bonds. The molecular formula is C22H14N10O2. The highest BCUT2D eigenvalue weighted by molar-refractivity contribution is 6.15. The van der Waals surface area contributed by atoms with Crippen molar-refractivity contribution in [3.05, 3.63) is 78.4 Å². The number of hydrogen-bond donors (Lipinski definition) is 3. The van der Waals surface area contributed by atoms with Gasteiger partial charge in [0, 0.05) is 6.20 Å². The van der Waals surface area contributed by atoms with Crippen molar-refractivity contribution in [2.24, 2.45) is 10.2 Å². The van der Waals surface area contributed by atoms with Gasteiger partial charge in [-0.3, -0.25) is 10.1 Å². The van der Waals surface area contributed by atoms with Gasteiger partial charge in [0.05, 0.1) is 11.8 Å². The number of phenols is 1. The van der Waals surface area contributed by atoms with Crippen molar-refractivity contribution in [3.8, 4) is 17.6 Å². The molecule has 3 N–H and O–H groups in total. The topological polar surface area (TPSA) is 170 Å². The van der Waals surface area contributed by atoms with Gasteiger partial charge in [-0.1, -0.05) is 30.3 Å². The first-order valence-electron chi connectivity index (χ1n) is 9.88. The van der Waals surface area contributed by atoms with E-state index in [1.165, 1.54) is 17.2 Å². The number of fused-ring (bicyclic) bond motifs is 1. The van der Waals surface area contributed by atoms with Gasteiger partial charge in [0.1, 0.15) is 23.6 Å². The zero-order chi connectivity index (χ0) is 23.5. The van der Waals surface area contributed by atoms with Crippen molar-refractivity contribution >= 4 is 34.1 Å². The van der Waals surface area contributed by atoms with Gasteiger partial charge in [-0.15, -0.1) is 10.2 Å². The molecule has 34 heavy (non-hydrogen) atoms. The lowest BCUT2D eigenvalue weighted by molar-refractivity contribution is 0.102. The molecule has 0 atom stereocenters. The first-order chi connectivity index (χ1) is 16.7. The quantitative estimate of drug-likeness (QED) is 0.342. The summed E-state index contributed by atoms with van der Waals surface area (Å²) < 4.78 is 1.36. The molecule has 12 nitrogen and oxygen atoms in total. The summed E-state index contributed by atoms with van der Waals surface area (Å²) in [4.78, 5) is 21.1. The van der Waals surface area contributed by atoms with Crippen molar-refractivity contribution in [2.75, 3.05) is 5.32 Å². The second-order valence-electron chi connectivity index (χ2n) is 6.92. The van der Waals surface area contributed by atoms with Gasteiger partial charge in [-0.05, 0) is 29.0 Å². The van der Waals surface area contributed by atoms with Crippen molar-refractivity contribution in [1.29, 1.82) is 5.26 Å². The Morgan fingerprint density at radius 1 is 1.15 bits per heavy atom. The van der Waals surface area contributed by atoms with Gasteiger partial charge >= 0.3 is 0 Å². The SMILES string of the molecule is N#Cc1cnn(-c2ccccn2)c1N=Nc1cc2ccccc2c(C(=O)Nc2ncn[nH]2)c1O. The number of nitrogens with zero attached hydrogens (tertiary/aromatic N) is 8. The Kier molecular flexibility index (Phi) is 5.17. The van der Waals surface area contributed by atoms with Crippen molar-refractivity contribution in [1.82, 2.24) is 29.9 Å². The van der Waals surface area contributed by atoms with E-state index in [-0.39, 0.29) is 34.3 Å². The average Bonchev–Trinajstić information content (AvgIpc) is 3.52. The molecule has 0 unspecified atom stereocenters. The number of aromatic nitrogens is 6. The number of aromatic hydroxyl groups is 1. The molecule has 3 aromatic heterocycles. The summed E-state index contributed by atoms with van der Waals surface area (Å²) in [6.07, 6.45) is 4.17. The standard InChI is InChI=1S/C22H14N10O2/c23-10-14-11-27-32(17-7-3-4-8-24-17)20(14)30-29-16-9-13-5-1-2-6-15(13)18(19(16)33)21(34)28-22-25-12-26-31-22/h1-9,11-12,33H,(H2,25,26,28,31,34). The third-order valence-corrected chi connectivity index (χ3v) is 4.86. The monoisotopic (exact) mass is 450 g/mol. The minimum Gasteiger partial charge on any atom is -0.505 e. The summed E-state index contributed by atoms with van der Waals surface area (Å²) in [7, 11) is 0. The lowest BCUT2D eigenvalue weighted by Gasteiger charge is -2.10. The number of hydrogen-bond acceptors (Lipinski definition) is 9. The number of H-pyrrole nitrogens is 1. The second kappa shape index (κ2) is 8.60. The van der Waals surface area contributed by atoms with E-state index in [9.17, 15) is 15.2 Å². The first-order valence-corrected chi connectivity index (χ1v) is 9.88. The van der Waals surface area contributed by atoms with Crippen LogP contribution in [0.3, 0.4) is 0 Å². The minimum atomic E-state index is -0.612. The Bertz CT molecular complexity index is 1570. The number of rotatable bonds is 5. The van der Waals surface area contributed by atoms with E-state index < -0.39 is 5.91 Å². The van der Waals surface area contributed by atoms with Crippen LogP contribution in [0.15, 0.2) is 77.5 Å². The molecule has 0 spiro atoms. The van der Waals surface area contributed by atoms with Crippen molar-refractivity contribution in [2.45, 2.75) is 0 Å². The van der Waals surface area contributed by atoms with E-state index in [1.807, 2.05) is 6.07 Å². The fourth-order valence-corrected chi connectivity index (χ4v) is 3.33. The van der Waals surface area contributed by atoms with Crippen LogP contribution in [0, 0.1) is 11.3 Å². The zero-order valence-electron chi connectivity index (χ0n) is 17.3. The maximum absolute atomic E-state index is 13.0. The summed E-state index contributed by atoms with van der Waals surface area (Å²) in [6, 6.07) is 15.8. The van der Waals surface area contributed by atoms with Crippen LogP contribution in [0.4, 0.5) is 17.5 Å². The normalized spacial score (nSPS) is 11.0. The van der Waals surface area contributed by atoms with E-state index in [0.29, 0.717) is 16.6 Å². The Morgan fingerprint density at radius 2 is 2.00 bits per heavy atom. The average molecular weight is 450 g/mol. The van der Waals surface area contributed by atoms with Gasteiger partial charge in [-0.2, -0.15) is 25.1 Å². The van der Waals surface area contributed by atoms with Gasteiger partial charge in [0.25, 0.3) is 5.91 Å². The highest BCUT2D eigenvalue weighted by Gasteiger charge is 2.21. The van der Waals surface area contributed by atoms with Crippen LogP contribution < -0.4 is 5.32 Å². The number of pyridine rings is 1. The van der Waals surface area contributed by atoms with Crippen molar-refractivity contribution in [3.63, 3.8) is 0 Å². The molecule has 2 aromatic carbocycles. The van der Waals surface area contributed by atoms with Crippen molar-refractivity contribution < 1.29 is 9.90 Å². The molecule has 5 rings (SSSR count). The molecule has 0 saturated heterocycles. The lowest BCUT2D eigenvalue weighted by Crippen LogP contribution is -2.14. The maximum Gasteiger partial charge on any atom is 0.262 e. The summed E-state index contributed by atoms with van der Waals surface area (Å²) in [5.41, 5.74) is 0.180. The molecule has 0 saturated carbocycles. The van der Waals surface area contributed by atoms with Crippen LogP contribution in [-0.2, 0) is 0 Å².